The van der Waals surface area contributed by atoms with E-state index >= 15 is 0 Å². The number of piperidine rings is 1. The molecule has 1 saturated heterocycles. The second-order valence-corrected chi connectivity index (χ2v) is 5.61. The lowest BCUT2D eigenvalue weighted by Crippen LogP contribution is -2.48. The zero-order valence-electron chi connectivity index (χ0n) is 11.1. The van der Waals surface area contributed by atoms with Gasteiger partial charge in [-0.1, -0.05) is 18.0 Å². The van der Waals surface area contributed by atoms with Crippen LogP contribution in [0.3, 0.4) is 0 Å². The second kappa shape index (κ2) is 7.44. The van der Waals surface area contributed by atoms with E-state index in [1.165, 1.54) is 18.9 Å². The molecule has 19 heavy (non-hydrogen) atoms. The number of halogens is 3. The number of benzene rings is 1. The highest BCUT2D eigenvalue weighted by Crippen LogP contribution is 2.23. The molecular weight excluding hydrogens is 286 g/mol. The van der Waals surface area contributed by atoms with Crippen molar-refractivity contribution < 1.29 is 4.39 Å². The number of nitrogens with two attached hydrogens (primary N) is 1. The average molecular weight is 307 g/mol. The first kappa shape index (κ1) is 16.7. The minimum atomic E-state index is -0.271. The molecule has 1 aliphatic heterocycles. The molecule has 0 radical (unpaired) electrons. The van der Waals surface area contributed by atoms with E-state index < -0.39 is 0 Å². The van der Waals surface area contributed by atoms with Crippen LogP contribution in [0.5, 0.6) is 0 Å². The molecule has 5 heteroatoms. The molecule has 2 N–H and O–H groups in total. The van der Waals surface area contributed by atoms with Gasteiger partial charge in [-0.2, -0.15) is 0 Å². The van der Waals surface area contributed by atoms with Crippen molar-refractivity contribution in [3.05, 3.63) is 34.6 Å². The summed E-state index contributed by atoms with van der Waals surface area (Å²) in [5.74, 6) is -0.271. The first-order valence-corrected chi connectivity index (χ1v) is 6.88. The third-order valence-electron chi connectivity index (χ3n) is 3.58. The summed E-state index contributed by atoms with van der Waals surface area (Å²) in [6.07, 6.45) is 3.54. The van der Waals surface area contributed by atoms with Crippen LogP contribution >= 0.6 is 24.0 Å². The lowest BCUT2D eigenvalue weighted by Gasteiger charge is -2.38. The standard InChI is InChI=1S/C14H20ClFN2.ClH/c1-10(17)14-4-2-3-5-18(14)9-11-6-12(15)8-13(16)7-11;/h6-8,10,14H,2-5,9,17H2,1H3;1H. The first-order valence-electron chi connectivity index (χ1n) is 6.51. The van der Waals surface area contributed by atoms with Gasteiger partial charge in [0.25, 0.3) is 0 Å². The van der Waals surface area contributed by atoms with Gasteiger partial charge in [-0.3, -0.25) is 4.90 Å². The summed E-state index contributed by atoms with van der Waals surface area (Å²) in [7, 11) is 0. The van der Waals surface area contributed by atoms with Crippen LogP contribution in [0, 0.1) is 5.82 Å². The highest BCUT2D eigenvalue weighted by molar-refractivity contribution is 6.30. The largest absolute Gasteiger partial charge is 0.327 e. The molecule has 2 nitrogen and oxygen atoms in total. The van der Waals surface area contributed by atoms with Gasteiger partial charge in [0, 0.05) is 23.7 Å². The van der Waals surface area contributed by atoms with Gasteiger partial charge in [-0.25, -0.2) is 4.39 Å². The van der Waals surface area contributed by atoms with Gasteiger partial charge in [0.1, 0.15) is 5.82 Å². The molecule has 1 aromatic carbocycles. The fourth-order valence-electron chi connectivity index (χ4n) is 2.75. The summed E-state index contributed by atoms with van der Waals surface area (Å²) < 4.78 is 13.3. The maximum atomic E-state index is 13.3. The summed E-state index contributed by atoms with van der Waals surface area (Å²) in [4.78, 5) is 2.35. The van der Waals surface area contributed by atoms with Crippen molar-refractivity contribution >= 4 is 24.0 Å². The van der Waals surface area contributed by atoms with Crippen LogP contribution in [-0.4, -0.2) is 23.5 Å². The van der Waals surface area contributed by atoms with E-state index in [-0.39, 0.29) is 24.3 Å². The molecule has 1 aliphatic rings. The average Bonchev–Trinajstić information content (AvgIpc) is 2.27. The molecular formula is C14H21Cl2FN2. The van der Waals surface area contributed by atoms with Crippen LogP contribution in [-0.2, 0) is 6.54 Å². The van der Waals surface area contributed by atoms with E-state index in [0.29, 0.717) is 11.1 Å². The monoisotopic (exact) mass is 306 g/mol. The van der Waals surface area contributed by atoms with Gasteiger partial charge in [0.05, 0.1) is 0 Å². The summed E-state index contributed by atoms with van der Waals surface area (Å²) >= 11 is 5.88. The Hall–Kier alpha value is -0.350. The number of hydrogen-bond donors (Lipinski definition) is 1. The van der Waals surface area contributed by atoms with Crippen molar-refractivity contribution in [3.8, 4) is 0 Å². The van der Waals surface area contributed by atoms with Crippen LogP contribution in [0.25, 0.3) is 0 Å². The second-order valence-electron chi connectivity index (χ2n) is 5.17. The number of likely N-dealkylation sites (tertiary alicyclic amines) is 1. The van der Waals surface area contributed by atoms with Crippen LogP contribution in [0.1, 0.15) is 31.7 Å². The number of hydrogen-bond acceptors (Lipinski definition) is 2. The predicted octanol–water partition coefficient (Wildman–Crippen LogP) is 3.60. The molecule has 2 unspecified atom stereocenters. The van der Waals surface area contributed by atoms with Crippen molar-refractivity contribution in [2.24, 2.45) is 5.73 Å². The zero-order valence-corrected chi connectivity index (χ0v) is 12.7. The van der Waals surface area contributed by atoms with E-state index in [2.05, 4.69) is 4.90 Å². The Kier molecular flexibility index (Phi) is 6.54. The van der Waals surface area contributed by atoms with Gasteiger partial charge in [0.2, 0.25) is 0 Å². The molecule has 2 rings (SSSR count). The quantitative estimate of drug-likeness (QED) is 0.924. The Labute approximate surface area is 125 Å². The molecule has 0 spiro atoms. The fourth-order valence-corrected chi connectivity index (χ4v) is 2.99. The summed E-state index contributed by atoms with van der Waals surface area (Å²) in [6, 6.07) is 5.26. The Bertz CT molecular complexity index is 392. The molecule has 2 atom stereocenters. The predicted molar refractivity (Wildman–Crippen MR) is 80.4 cm³/mol. The normalized spacial score (nSPS) is 21.8. The van der Waals surface area contributed by atoms with Gasteiger partial charge >= 0.3 is 0 Å². The highest BCUT2D eigenvalue weighted by atomic mass is 35.5. The van der Waals surface area contributed by atoms with Gasteiger partial charge in [-0.05, 0) is 50.1 Å². The minimum Gasteiger partial charge on any atom is -0.327 e. The van der Waals surface area contributed by atoms with Crippen LogP contribution in [0.15, 0.2) is 18.2 Å². The fraction of sp³-hybridized carbons (Fsp3) is 0.571. The molecule has 0 amide bonds. The molecule has 108 valence electrons. The maximum absolute atomic E-state index is 13.3. The Balaban J connectivity index is 0.00000180. The number of rotatable bonds is 3. The van der Waals surface area contributed by atoms with Gasteiger partial charge < -0.3 is 5.73 Å². The van der Waals surface area contributed by atoms with Crippen molar-refractivity contribution in [2.75, 3.05) is 6.54 Å². The van der Waals surface area contributed by atoms with Crippen molar-refractivity contribution in [3.63, 3.8) is 0 Å². The molecule has 0 bridgehead atoms. The lowest BCUT2D eigenvalue weighted by atomic mass is 9.96. The summed E-state index contributed by atoms with van der Waals surface area (Å²) in [5, 5.41) is 0.458. The molecule has 1 fully saturated rings. The highest BCUT2D eigenvalue weighted by Gasteiger charge is 2.25. The van der Waals surface area contributed by atoms with E-state index in [0.717, 1.165) is 25.1 Å². The third-order valence-corrected chi connectivity index (χ3v) is 3.80. The van der Waals surface area contributed by atoms with Crippen LogP contribution in [0.4, 0.5) is 4.39 Å². The van der Waals surface area contributed by atoms with Crippen molar-refractivity contribution in [1.82, 2.24) is 4.90 Å². The van der Waals surface area contributed by atoms with Crippen LogP contribution in [0.2, 0.25) is 5.02 Å². The van der Waals surface area contributed by atoms with E-state index in [4.69, 9.17) is 17.3 Å². The topological polar surface area (TPSA) is 29.3 Å². The smallest absolute Gasteiger partial charge is 0.125 e. The Morgan fingerprint density at radius 3 is 2.79 bits per heavy atom. The SMILES string of the molecule is CC(N)C1CCCCN1Cc1cc(F)cc(Cl)c1.Cl. The Morgan fingerprint density at radius 1 is 1.42 bits per heavy atom. The van der Waals surface area contributed by atoms with E-state index in [1.54, 1.807) is 6.07 Å². The van der Waals surface area contributed by atoms with Crippen molar-refractivity contribution in [2.45, 2.75) is 44.8 Å². The van der Waals surface area contributed by atoms with Crippen molar-refractivity contribution in [1.29, 1.82) is 0 Å². The first-order chi connectivity index (χ1) is 8.56. The van der Waals surface area contributed by atoms with E-state index in [9.17, 15) is 4.39 Å². The number of nitrogens with zero attached hydrogens (tertiary/aromatic N) is 1. The molecule has 0 aliphatic carbocycles. The molecule has 0 saturated carbocycles. The molecule has 1 aromatic rings. The summed E-state index contributed by atoms with van der Waals surface area (Å²) in [5.41, 5.74) is 6.95. The molecule has 1 heterocycles. The zero-order chi connectivity index (χ0) is 13.1. The lowest BCUT2D eigenvalue weighted by molar-refractivity contribution is 0.123. The van der Waals surface area contributed by atoms with Crippen LogP contribution < -0.4 is 5.73 Å². The maximum Gasteiger partial charge on any atom is 0.125 e. The Morgan fingerprint density at radius 2 is 2.16 bits per heavy atom. The molecule has 0 aromatic heterocycles. The third kappa shape index (κ3) is 4.60. The minimum absolute atomic E-state index is 0. The van der Waals surface area contributed by atoms with E-state index in [1.807, 2.05) is 13.0 Å². The van der Waals surface area contributed by atoms with Gasteiger partial charge in [-0.15, -0.1) is 12.4 Å². The summed E-state index contributed by atoms with van der Waals surface area (Å²) in [6.45, 7) is 3.80. The van der Waals surface area contributed by atoms with Gasteiger partial charge in [0.15, 0.2) is 0 Å².